The van der Waals surface area contributed by atoms with Crippen LogP contribution < -0.4 is 10.6 Å². The summed E-state index contributed by atoms with van der Waals surface area (Å²) in [6.45, 7) is 6.85. The Bertz CT molecular complexity index is 604. The van der Waals surface area contributed by atoms with Gasteiger partial charge in [-0.25, -0.2) is 0 Å². The average Bonchev–Trinajstić information content (AvgIpc) is 2.93. The van der Waals surface area contributed by atoms with Gasteiger partial charge in [-0.2, -0.15) is 0 Å². The van der Waals surface area contributed by atoms with Gasteiger partial charge in [-0.1, -0.05) is 19.1 Å². The van der Waals surface area contributed by atoms with Crippen molar-refractivity contribution >= 4 is 22.9 Å². The van der Waals surface area contributed by atoms with Crippen LogP contribution in [0.5, 0.6) is 0 Å². The number of carbonyl (C=O) groups excluding carboxylic acids is 1. The first-order valence-corrected chi connectivity index (χ1v) is 8.13. The van der Waals surface area contributed by atoms with Crippen molar-refractivity contribution in [1.29, 1.82) is 0 Å². The van der Waals surface area contributed by atoms with Crippen molar-refractivity contribution in [2.24, 2.45) is 0 Å². The number of para-hydroxylation sites is 1. The fourth-order valence-corrected chi connectivity index (χ4v) is 2.99. The van der Waals surface area contributed by atoms with Crippen LogP contribution in [0.25, 0.3) is 0 Å². The summed E-state index contributed by atoms with van der Waals surface area (Å²) >= 11 is 1.75. The van der Waals surface area contributed by atoms with Gasteiger partial charge in [-0.05, 0) is 44.5 Å². The molecule has 21 heavy (non-hydrogen) atoms. The molecule has 0 radical (unpaired) electrons. The maximum absolute atomic E-state index is 12.4. The lowest BCUT2D eigenvalue weighted by Crippen LogP contribution is -2.24. The Morgan fingerprint density at radius 1 is 1.14 bits per heavy atom. The molecule has 1 aromatic heterocycles. The molecule has 0 saturated heterocycles. The third kappa shape index (κ3) is 4.33. The quantitative estimate of drug-likeness (QED) is 0.845. The Hall–Kier alpha value is -1.81. The van der Waals surface area contributed by atoms with E-state index in [0.717, 1.165) is 12.1 Å². The number of carbonyl (C=O) groups is 1. The van der Waals surface area contributed by atoms with Crippen LogP contribution in [0.2, 0.25) is 0 Å². The second-order valence-corrected chi connectivity index (χ2v) is 6.50. The molecule has 0 saturated carbocycles. The van der Waals surface area contributed by atoms with Crippen molar-refractivity contribution in [3.05, 3.63) is 51.7 Å². The van der Waals surface area contributed by atoms with Gasteiger partial charge in [0.15, 0.2) is 0 Å². The van der Waals surface area contributed by atoms with E-state index in [1.165, 1.54) is 9.75 Å². The summed E-state index contributed by atoms with van der Waals surface area (Å²) in [6.07, 6.45) is 1.04. The molecule has 0 fully saturated rings. The average molecular weight is 302 g/mol. The Balaban J connectivity index is 2.03. The molecule has 0 aliphatic rings. The van der Waals surface area contributed by atoms with Gasteiger partial charge >= 0.3 is 0 Å². The van der Waals surface area contributed by atoms with Gasteiger partial charge in [-0.3, -0.25) is 4.79 Å². The van der Waals surface area contributed by atoms with E-state index in [1.807, 2.05) is 24.3 Å². The topological polar surface area (TPSA) is 41.1 Å². The van der Waals surface area contributed by atoms with E-state index < -0.39 is 0 Å². The van der Waals surface area contributed by atoms with E-state index in [0.29, 0.717) is 18.2 Å². The monoisotopic (exact) mass is 302 g/mol. The van der Waals surface area contributed by atoms with Gasteiger partial charge in [0.05, 0.1) is 12.1 Å². The SMILES string of the molecule is CCc1ccc(CNC(=O)c2ccccc2NC(C)C)s1. The number of hydrogen-bond acceptors (Lipinski definition) is 3. The van der Waals surface area contributed by atoms with E-state index in [9.17, 15) is 4.79 Å². The molecule has 0 aliphatic carbocycles. The number of hydrogen-bond donors (Lipinski definition) is 2. The van der Waals surface area contributed by atoms with E-state index in [1.54, 1.807) is 11.3 Å². The molecule has 2 aromatic rings. The number of thiophene rings is 1. The first-order chi connectivity index (χ1) is 10.1. The number of nitrogens with one attached hydrogen (secondary N) is 2. The molecule has 1 amide bonds. The fourth-order valence-electron chi connectivity index (χ4n) is 2.09. The predicted octanol–water partition coefficient (Wildman–Crippen LogP) is 4.06. The first-order valence-electron chi connectivity index (χ1n) is 7.31. The number of benzene rings is 1. The van der Waals surface area contributed by atoms with Crippen molar-refractivity contribution < 1.29 is 4.79 Å². The van der Waals surface area contributed by atoms with Crippen LogP contribution in [-0.2, 0) is 13.0 Å². The zero-order valence-corrected chi connectivity index (χ0v) is 13.6. The van der Waals surface area contributed by atoms with Gasteiger partial charge in [0, 0.05) is 21.5 Å². The third-order valence-corrected chi connectivity index (χ3v) is 4.33. The number of amides is 1. The largest absolute Gasteiger partial charge is 0.382 e. The number of anilines is 1. The summed E-state index contributed by atoms with van der Waals surface area (Å²) in [5.74, 6) is -0.0369. The maximum atomic E-state index is 12.4. The molecule has 0 spiro atoms. The Morgan fingerprint density at radius 2 is 1.86 bits per heavy atom. The molecular formula is C17H22N2OS. The van der Waals surface area contributed by atoms with E-state index >= 15 is 0 Å². The molecule has 0 aliphatic heterocycles. The highest BCUT2D eigenvalue weighted by Gasteiger charge is 2.11. The van der Waals surface area contributed by atoms with E-state index in [-0.39, 0.29) is 5.91 Å². The lowest BCUT2D eigenvalue weighted by atomic mass is 10.1. The van der Waals surface area contributed by atoms with Crippen molar-refractivity contribution in [2.45, 2.75) is 39.8 Å². The van der Waals surface area contributed by atoms with Crippen LogP contribution in [0.4, 0.5) is 5.69 Å². The minimum Gasteiger partial charge on any atom is -0.382 e. The number of rotatable bonds is 6. The highest BCUT2D eigenvalue weighted by molar-refractivity contribution is 7.11. The smallest absolute Gasteiger partial charge is 0.253 e. The zero-order chi connectivity index (χ0) is 15.2. The molecule has 0 bridgehead atoms. The van der Waals surface area contributed by atoms with E-state index in [4.69, 9.17) is 0 Å². The summed E-state index contributed by atoms with van der Waals surface area (Å²) in [7, 11) is 0. The number of aryl methyl sites for hydroxylation is 1. The van der Waals surface area contributed by atoms with Gasteiger partial charge < -0.3 is 10.6 Å². The van der Waals surface area contributed by atoms with Crippen LogP contribution in [0.15, 0.2) is 36.4 Å². The third-order valence-electron chi connectivity index (χ3n) is 3.10. The fraction of sp³-hybridized carbons (Fsp3) is 0.353. The lowest BCUT2D eigenvalue weighted by Gasteiger charge is -2.14. The van der Waals surface area contributed by atoms with E-state index in [2.05, 4.69) is 43.5 Å². The molecule has 1 aromatic carbocycles. The molecular weight excluding hydrogens is 280 g/mol. The Labute approximate surface area is 130 Å². The summed E-state index contributed by atoms with van der Waals surface area (Å²) in [5.41, 5.74) is 1.57. The van der Waals surface area contributed by atoms with Gasteiger partial charge in [0.25, 0.3) is 5.91 Å². The summed E-state index contributed by atoms with van der Waals surface area (Å²) in [4.78, 5) is 14.9. The molecule has 3 nitrogen and oxygen atoms in total. The molecule has 4 heteroatoms. The minimum atomic E-state index is -0.0369. The second kappa shape index (κ2) is 7.27. The van der Waals surface area contributed by atoms with Gasteiger partial charge in [0.1, 0.15) is 0 Å². The standard InChI is InChI=1S/C17H22N2OS/c1-4-13-9-10-14(21-13)11-18-17(20)15-7-5-6-8-16(15)19-12(2)3/h5-10,12,19H,4,11H2,1-3H3,(H,18,20). The van der Waals surface area contributed by atoms with Gasteiger partial charge in [-0.15, -0.1) is 11.3 Å². The van der Waals surface area contributed by atoms with Crippen LogP contribution in [0, 0.1) is 0 Å². The summed E-state index contributed by atoms with van der Waals surface area (Å²) < 4.78 is 0. The van der Waals surface area contributed by atoms with Crippen molar-refractivity contribution in [1.82, 2.24) is 5.32 Å². The van der Waals surface area contributed by atoms with Crippen molar-refractivity contribution in [3.8, 4) is 0 Å². The highest BCUT2D eigenvalue weighted by atomic mass is 32.1. The first kappa shape index (κ1) is 15.6. The van der Waals surface area contributed by atoms with Crippen molar-refractivity contribution in [3.63, 3.8) is 0 Å². The maximum Gasteiger partial charge on any atom is 0.253 e. The Kier molecular flexibility index (Phi) is 5.39. The molecule has 0 unspecified atom stereocenters. The second-order valence-electron chi connectivity index (χ2n) is 5.25. The summed E-state index contributed by atoms with van der Waals surface area (Å²) in [5, 5.41) is 6.31. The molecule has 1 heterocycles. The molecule has 2 N–H and O–H groups in total. The van der Waals surface area contributed by atoms with Crippen molar-refractivity contribution in [2.75, 3.05) is 5.32 Å². The van der Waals surface area contributed by atoms with Crippen LogP contribution >= 0.6 is 11.3 Å². The van der Waals surface area contributed by atoms with Crippen LogP contribution in [0.3, 0.4) is 0 Å². The highest BCUT2D eigenvalue weighted by Crippen LogP contribution is 2.18. The van der Waals surface area contributed by atoms with Crippen LogP contribution in [-0.4, -0.2) is 11.9 Å². The zero-order valence-electron chi connectivity index (χ0n) is 12.8. The normalized spacial score (nSPS) is 10.7. The molecule has 112 valence electrons. The van der Waals surface area contributed by atoms with Crippen LogP contribution in [0.1, 0.15) is 40.9 Å². The summed E-state index contributed by atoms with van der Waals surface area (Å²) in [6, 6.07) is 12.1. The molecule has 0 atom stereocenters. The Morgan fingerprint density at radius 3 is 2.52 bits per heavy atom. The minimum absolute atomic E-state index is 0.0369. The lowest BCUT2D eigenvalue weighted by molar-refractivity contribution is 0.0952. The predicted molar refractivity (Wildman–Crippen MR) is 90.1 cm³/mol. The van der Waals surface area contributed by atoms with Gasteiger partial charge in [0.2, 0.25) is 0 Å². The molecule has 2 rings (SSSR count).